The lowest BCUT2D eigenvalue weighted by atomic mass is 9.95. The summed E-state index contributed by atoms with van der Waals surface area (Å²) in [5.74, 6) is -0.659. The number of nitroso groups, excluding NO2 is 1. The molecule has 3 amide bonds. The van der Waals surface area contributed by atoms with Crippen LogP contribution in [-0.2, 0) is 34.3 Å². The quantitative estimate of drug-likeness (QED) is 0.181. The second-order valence-corrected chi connectivity index (χ2v) is 15.5. The zero-order chi connectivity index (χ0) is 36.4. The SMILES string of the molecule is CC[C@H](C)[C@@H](C(=O)N[C@@H](Cc1ccccc1)[C@H](O)CN(CC(C)C)S(=O)(=O)c1ccc(CN=O)cc1)N1CCN(Cc2cccc(C)n2)C1=O. The molecule has 12 nitrogen and oxygen atoms in total. The predicted molar refractivity (Wildman–Crippen MR) is 192 cm³/mol. The van der Waals surface area contributed by atoms with Gasteiger partial charge in [0.2, 0.25) is 15.9 Å². The summed E-state index contributed by atoms with van der Waals surface area (Å²) < 4.78 is 29.0. The van der Waals surface area contributed by atoms with E-state index in [9.17, 15) is 28.0 Å². The number of carbonyl (C=O) groups is 2. The van der Waals surface area contributed by atoms with Crippen molar-refractivity contribution in [1.29, 1.82) is 0 Å². The van der Waals surface area contributed by atoms with Gasteiger partial charge in [-0.1, -0.05) is 87.8 Å². The van der Waals surface area contributed by atoms with Crippen LogP contribution in [0.5, 0.6) is 0 Å². The van der Waals surface area contributed by atoms with Gasteiger partial charge in [0.1, 0.15) is 12.6 Å². The number of pyridine rings is 1. The van der Waals surface area contributed by atoms with Crippen LogP contribution in [0.3, 0.4) is 0 Å². The van der Waals surface area contributed by atoms with Gasteiger partial charge in [-0.3, -0.25) is 9.78 Å². The summed E-state index contributed by atoms with van der Waals surface area (Å²) in [5.41, 5.74) is 3.06. The molecule has 0 spiro atoms. The second kappa shape index (κ2) is 17.6. The first-order chi connectivity index (χ1) is 23.8. The number of amides is 3. The Morgan fingerprint density at radius 3 is 2.30 bits per heavy atom. The molecule has 270 valence electrons. The zero-order valence-corrected chi connectivity index (χ0v) is 30.4. The minimum absolute atomic E-state index is 0.0263. The van der Waals surface area contributed by atoms with E-state index in [4.69, 9.17) is 0 Å². The normalized spacial score (nSPS) is 16.0. The fraction of sp³-hybridized carbons (Fsp3) is 0.486. The third-order valence-electron chi connectivity index (χ3n) is 9.07. The Balaban J connectivity index is 1.59. The van der Waals surface area contributed by atoms with E-state index in [1.165, 1.54) is 16.4 Å². The van der Waals surface area contributed by atoms with Crippen molar-refractivity contribution >= 4 is 22.0 Å². The lowest BCUT2D eigenvalue weighted by Crippen LogP contribution is -2.57. The Labute approximate surface area is 295 Å². The van der Waals surface area contributed by atoms with Gasteiger partial charge in [-0.2, -0.15) is 9.21 Å². The topological polar surface area (TPSA) is 153 Å². The molecule has 1 fully saturated rings. The first kappa shape index (κ1) is 38.6. The lowest BCUT2D eigenvalue weighted by molar-refractivity contribution is -0.128. The summed E-state index contributed by atoms with van der Waals surface area (Å²) in [7, 11) is -4.06. The number of aliphatic hydroxyl groups excluding tert-OH is 1. The van der Waals surface area contributed by atoms with Crippen LogP contribution < -0.4 is 5.32 Å². The van der Waals surface area contributed by atoms with E-state index in [1.54, 1.807) is 21.9 Å². The molecule has 2 N–H and O–H groups in total. The molecule has 3 aromatic rings. The highest BCUT2D eigenvalue weighted by Gasteiger charge is 2.41. The molecule has 1 saturated heterocycles. The van der Waals surface area contributed by atoms with Gasteiger partial charge in [-0.05, 0) is 60.6 Å². The first-order valence-corrected chi connectivity index (χ1v) is 18.7. The molecule has 0 aliphatic carbocycles. The monoisotopic (exact) mass is 706 g/mol. The van der Waals surface area contributed by atoms with Crippen molar-refractivity contribution in [3.8, 4) is 0 Å². The fourth-order valence-electron chi connectivity index (χ4n) is 6.24. The number of nitrogens with one attached hydrogen (secondary N) is 1. The largest absolute Gasteiger partial charge is 0.390 e. The van der Waals surface area contributed by atoms with Crippen molar-refractivity contribution in [1.82, 2.24) is 24.4 Å². The smallest absolute Gasteiger partial charge is 0.321 e. The number of benzene rings is 2. The maximum Gasteiger partial charge on any atom is 0.321 e. The Morgan fingerprint density at radius 2 is 1.68 bits per heavy atom. The van der Waals surface area contributed by atoms with Gasteiger partial charge in [0.05, 0.1) is 29.3 Å². The van der Waals surface area contributed by atoms with E-state index in [0.29, 0.717) is 31.6 Å². The Bertz CT molecular complexity index is 1690. The van der Waals surface area contributed by atoms with Crippen molar-refractivity contribution in [2.24, 2.45) is 17.0 Å². The van der Waals surface area contributed by atoms with Gasteiger partial charge in [0.15, 0.2) is 0 Å². The summed E-state index contributed by atoms with van der Waals surface area (Å²) in [4.78, 5) is 46.5. The summed E-state index contributed by atoms with van der Waals surface area (Å²) in [6.45, 7) is 10.5. The minimum Gasteiger partial charge on any atom is -0.390 e. The van der Waals surface area contributed by atoms with Crippen LogP contribution >= 0.6 is 0 Å². The van der Waals surface area contributed by atoms with E-state index in [-0.39, 0.29) is 48.8 Å². The van der Waals surface area contributed by atoms with Crippen LogP contribution in [0.15, 0.2) is 82.9 Å². The number of aryl methyl sites for hydroxylation is 1. The summed E-state index contributed by atoms with van der Waals surface area (Å²) in [5, 5.41) is 17.7. The van der Waals surface area contributed by atoms with E-state index in [1.807, 2.05) is 83.1 Å². The van der Waals surface area contributed by atoms with E-state index < -0.39 is 34.1 Å². The number of urea groups is 1. The molecule has 1 aliphatic rings. The van der Waals surface area contributed by atoms with Gasteiger partial charge in [0.25, 0.3) is 0 Å². The minimum atomic E-state index is -4.06. The molecule has 1 aromatic heterocycles. The molecule has 0 saturated carbocycles. The molecule has 2 heterocycles. The number of hydrogen-bond donors (Lipinski definition) is 2. The summed E-state index contributed by atoms with van der Waals surface area (Å²) >= 11 is 0. The van der Waals surface area contributed by atoms with Crippen molar-refractivity contribution < 1.29 is 23.1 Å². The Morgan fingerprint density at radius 1 is 0.980 bits per heavy atom. The number of sulfonamides is 1. The van der Waals surface area contributed by atoms with Gasteiger partial charge in [0, 0.05) is 31.9 Å². The van der Waals surface area contributed by atoms with Crippen LogP contribution in [0.25, 0.3) is 0 Å². The first-order valence-electron chi connectivity index (χ1n) is 17.2. The molecule has 0 unspecified atom stereocenters. The van der Waals surface area contributed by atoms with Crippen LogP contribution in [0, 0.1) is 23.7 Å². The summed E-state index contributed by atoms with van der Waals surface area (Å²) in [6.07, 6.45) is -0.416. The van der Waals surface area contributed by atoms with Gasteiger partial charge in [-0.15, -0.1) is 0 Å². The highest BCUT2D eigenvalue weighted by Crippen LogP contribution is 2.24. The molecule has 4 rings (SSSR count). The van der Waals surface area contributed by atoms with Crippen molar-refractivity contribution in [2.75, 3.05) is 26.2 Å². The zero-order valence-electron chi connectivity index (χ0n) is 29.6. The third-order valence-corrected chi connectivity index (χ3v) is 10.9. The van der Waals surface area contributed by atoms with Crippen molar-refractivity contribution in [3.63, 3.8) is 0 Å². The molecular weight excluding hydrogens is 657 g/mol. The van der Waals surface area contributed by atoms with Gasteiger partial charge < -0.3 is 20.2 Å². The highest BCUT2D eigenvalue weighted by molar-refractivity contribution is 7.89. The van der Waals surface area contributed by atoms with Crippen LogP contribution in [0.1, 0.15) is 56.6 Å². The lowest BCUT2D eigenvalue weighted by Gasteiger charge is -2.35. The molecule has 50 heavy (non-hydrogen) atoms. The standard InChI is InChI=1S/C37H50N6O6S/c1-6-27(4)35(43-20-19-41(37(43)46)24-31-14-10-11-28(5)39-31)36(45)40-33(21-29-12-8-7-9-13-29)34(44)25-42(23-26(2)3)50(48,49)32-17-15-30(16-18-32)22-38-47/h7-18,26-27,33-35,44H,6,19-25H2,1-5H3,(H,40,45)/t27-,33-,34+,35-/m0/s1. The molecule has 0 radical (unpaired) electrons. The fourth-order valence-corrected chi connectivity index (χ4v) is 7.86. The molecule has 4 atom stereocenters. The van der Waals surface area contributed by atoms with Gasteiger partial charge >= 0.3 is 6.03 Å². The Hall–Kier alpha value is -4.20. The number of rotatable bonds is 18. The molecule has 1 aliphatic heterocycles. The van der Waals surface area contributed by atoms with Gasteiger partial charge in [-0.25, -0.2) is 13.2 Å². The Kier molecular flexibility index (Phi) is 13.6. The van der Waals surface area contributed by atoms with Crippen LogP contribution in [0.4, 0.5) is 4.79 Å². The maximum atomic E-state index is 14.2. The van der Waals surface area contributed by atoms with Crippen molar-refractivity contribution in [2.45, 2.75) is 83.6 Å². The molecule has 13 heteroatoms. The van der Waals surface area contributed by atoms with Crippen molar-refractivity contribution in [3.05, 3.63) is 100 Å². The molecule has 2 aromatic carbocycles. The van der Waals surface area contributed by atoms with Crippen LogP contribution in [-0.4, -0.2) is 88.9 Å². The number of carbonyl (C=O) groups excluding carboxylic acids is 2. The second-order valence-electron chi connectivity index (χ2n) is 13.5. The average Bonchev–Trinajstić information content (AvgIpc) is 3.43. The molecule has 0 bridgehead atoms. The van der Waals surface area contributed by atoms with E-state index >= 15 is 0 Å². The third kappa shape index (κ3) is 9.95. The predicted octanol–water partition coefficient (Wildman–Crippen LogP) is 4.74. The number of hydrogen-bond acceptors (Lipinski definition) is 8. The van der Waals surface area contributed by atoms with E-state index in [2.05, 4.69) is 15.5 Å². The number of nitrogens with zero attached hydrogens (tertiary/aromatic N) is 5. The summed E-state index contributed by atoms with van der Waals surface area (Å²) in [6, 6.07) is 19.1. The maximum absolute atomic E-state index is 14.2. The molecular formula is C37H50N6O6S. The van der Waals surface area contributed by atoms with Crippen LogP contribution in [0.2, 0.25) is 0 Å². The number of aliphatic hydroxyl groups is 1. The average molecular weight is 707 g/mol. The highest BCUT2D eigenvalue weighted by atomic mass is 32.2. The number of aromatic nitrogens is 1. The van der Waals surface area contributed by atoms with E-state index in [0.717, 1.165) is 17.0 Å².